The molecule has 0 amide bonds. The number of hydrogen-bond donors (Lipinski definition) is 0. The highest BCUT2D eigenvalue weighted by Gasteiger charge is 2.25. The van der Waals surface area contributed by atoms with Crippen molar-refractivity contribution in [3.05, 3.63) is 0 Å². The van der Waals surface area contributed by atoms with Crippen molar-refractivity contribution < 1.29 is 0 Å². The van der Waals surface area contributed by atoms with Gasteiger partial charge >= 0.3 is 0 Å². The van der Waals surface area contributed by atoms with E-state index in [1.165, 1.54) is 12.8 Å². The summed E-state index contributed by atoms with van der Waals surface area (Å²) in [5.74, 6) is 2.17. The van der Waals surface area contributed by atoms with Crippen LogP contribution in [0.5, 0.6) is 0 Å². The normalized spacial score (nSPS) is 13.3. The molecule has 0 N–H and O–H groups in total. The standard InChI is InChI=1S/C12H25B/c1-9(2)7-11(8-10(3)4)12(5,6)13/h9-11H,7-8H2,1-6H3. The summed E-state index contributed by atoms with van der Waals surface area (Å²) < 4.78 is 0. The van der Waals surface area contributed by atoms with E-state index in [-0.39, 0.29) is 5.31 Å². The molecule has 0 aromatic heterocycles. The fourth-order valence-corrected chi connectivity index (χ4v) is 1.84. The van der Waals surface area contributed by atoms with E-state index in [4.69, 9.17) is 7.85 Å². The van der Waals surface area contributed by atoms with Gasteiger partial charge in [-0.1, -0.05) is 46.9 Å². The molecule has 0 atom stereocenters. The van der Waals surface area contributed by atoms with Gasteiger partial charge in [-0.2, -0.15) is 0 Å². The van der Waals surface area contributed by atoms with Crippen LogP contribution < -0.4 is 0 Å². The van der Waals surface area contributed by atoms with E-state index >= 15 is 0 Å². The highest BCUT2D eigenvalue weighted by molar-refractivity contribution is 6.14. The highest BCUT2D eigenvalue weighted by atomic mass is 14.3. The van der Waals surface area contributed by atoms with Gasteiger partial charge in [0.2, 0.25) is 0 Å². The summed E-state index contributed by atoms with van der Waals surface area (Å²) in [4.78, 5) is 0. The quantitative estimate of drug-likeness (QED) is 0.559. The van der Waals surface area contributed by atoms with Gasteiger partial charge in [-0.15, -0.1) is 0 Å². The van der Waals surface area contributed by atoms with Gasteiger partial charge < -0.3 is 0 Å². The van der Waals surface area contributed by atoms with Crippen molar-refractivity contribution in [2.75, 3.05) is 0 Å². The van der Waals surface area contributed by atoms with Gasteiger partial charge in [-0.3, -0.25) is 0 Å². The monoisotopic (exact) mass is 180 g/mol. The summed E-state index contributed by atoms with van der Waals surface area (Å²) in [6, 6.07) is 0. The molecule has 0 unspecified atom stereocenters. The van der Waals surface area contributed by atoms with Crippen molar-refractivity contribution in [3.8, 4) is 0 Å². The van der Waals surface area contributed by atoms with Crippen LogP contribution in [-0.4, -0.2) is 7.85 Å². The first-order valence-corrected chi connectivity index (χ1v) is 5.52. The molecule has 0 aliphatic carbocycles. The molecule has 0 aromatic rings. The Kier molecular flexibility index (Phi) is 5.10. The van der Waals surface area contributed by atoms with Gasteiger partial charge in [0.15, 0.2) is 0 Å². The third-order valence-electron chi connectivity index (χ3n) is 2.56. The second-order valence-electron chi connectivity index (χ2n) is 5.78. The Morgan fingerprint density at radius 3 is 1.38 bits per heavy atom. The van der Waals surface area contributed by atoms with Gasteiger partial charge in [0.1, 0.15) is 0 Å². The van der Waals surface area contributed by atoms with Crippen LogP contribution in [0.4, 0.5) is 0 Å². The smallest absolute Gasteiger partial charge is 0.0688 e. The third kappa shape index (κ3) is 6.18. The Morgan fingerprint density at radius 1 is 0.923 bits per heavy atom. The van der Waals surface area contributed by atoms with E-state index in [9.17, 15) is 0 Å². The molecule has 0 nitrogen and oxygen atoms in total. The molecule has 0 aromatic carbocycles. The highest BCUT2D eigenvalue weighted by Crippen LogP contribution is 2.39. The number of rotatable bonds is 5. The van der Waals surface area contributed by atoms with E-state index < -0.39 is 0 Å². The van der Waals surface area contributed by atoms with Crippen LogP contribution in [0.2, 0.25) is 5.31 Å². The van der Waals surface area contributed by atoms with E-state index in [0.29, 0.717) is 5.92 Å². The first-order valence-electron chi connectivity index (χ1n) is 5.52. The Labute approximate surface area is 85.9 Å². The van der Waals surface area contributed by atoms with Gasteiger partial charge in [0.25, 0.3) is 0 Å². The predicted molar refractivity (Wildman–Crippen MR) is 62.2 cm³/mol. The second kappa shape index (κ2) is 5.07. The van der Waals surface area contributed by atoms with Crippen LogP contribution in [0.3, 0.4) is 0 Å². The van der Waals surface area contributed by atoms with Crippen molar-refractivity contribution in [2.45, 2.75) is 59.7 Å². The Hall–Kier alpha value is 0.0649. The lowest BCUT2D eigenvalue weighted by Gasteiger charge is -2.34. The summed E-state index contributed by atoms with van der Waals surface area (Å²) in [5.41, 5.74) is 0. The van der Waals surface area contributed by atoms with Crippen LogP contribution >= 0.6 is 0 Å². The van der Waals surface area contributed by atoms with E-state index in [1.807, 2.05) is 0 Å². The molecule has 1 heteroatoms. The zero-order valence-corrected chi connectivity index (χ0v) is 10.2. The summed E-state index contributed by atoms with van der Waals surface area (Å²) >= 11 is 0. The predicted octanol–water partition coefficient (Wildman–Crippen LogP) is 4.06. The maximum atomic E-state index is 6.18. The third-order valence-corrected chi connectivity index (χ3v) is 2.56. The van der Waals surface area contributed by atoms with Crippen molar-refractivity contribution in [2.24, 2.45) is 17.8 Å². The average molecular weight is 180 g/mol. The molecule has 0 spiro atoms. The molecule has 2 radical (unpaired) electrons. The first-order chi connectivity index (χ1) is 5.73. The zero-order chi connectivity index (χ0) is 10.6. The van der Waals surface area contributed by atoms with Gasteiger partial charge in [-0.05, 0) is 30.6 Å². The SMILES string of the molecule is [B]C(C)(C)C(CC(C)C)CC(C)C. The topological polar surface area (TPSA) is 0 Å². The molecular formula is C12H25B. The van der Waals surface area contributed by atoms with Crippen molar-refractivity contribution >= 4 is 7.85 Å². The molecular weight excluding hydrogens is 155 g/mol. The van der Waals surface area contributed by atoms with Gasteiger partial charge in [0.05, 0.1) is 7.85 Å². The van der Waals surface area contributed by atoms with Gasteiger partial charge in [-0.25, -0.2) is 0 Å². The maximum Gasteiger partial charge on any atom is 0.0742 e. The Balaban J connectivity index is 4.20. The van der Waals surface area contributed by atoms with Crippen molar-refractivity contribution in [1.29, 1.82) is 0 Å². The Morgan fingerprint density at radius 2 is 1.23 bits per heavy atom. The summed E-state index contributed by atoms with van der Waals surface area (Å²) in [5, 5.41) is -0.0193. The average Bonchev–Trinajstić information content (AvgIpc) is 1.81. The van der Waals surface area contributed by atoms with E-state index in [0.717, 1.165) is 11.8 Å². The fraction of sp³-hybridized carbons (Fsp3) is 1.00. The van der Waals surface area contributed by atoms with E-state index in [2.05, 4.69) is 41.5 Å². The minimum atomic E-state index is -0.0193. The second-order valence-corrected chi connectivity index (χ2v) is 5.78. The molecule has 0 bridgehead atoms. The van der Waals surface area contributed by atoms with Crippen LogP contribution in [0.25, 0.3) is 0 Å². The lowest BCUT2D eigenvalue weighted by Crippen LogP contribution is -2.21. The first kappa shape index (κ1) is 13.1. The lowest BCUT2D eigenvalue weighted by atomic mass is 9.59. The molecule has 0 aliphatic heterocycles. The maximum absolute atomic E-state index is 6.18. The zero-order valence-electron chi connectivity index (χ0n) is 10.2. The lowest BCUT2D eigenvalue weighted by molar-refractivity contribution is 0.281. The van der Waals surface area contributed by atoms with Crippen LogP contribution in [0, 0.1) is 17.8 Å². The molecule has 0 heterocycles. The molecule has 76 valence electrons. The largest absolute Gasteiger partial charge is 0.0742 e. The minimum Gasteiger partial charge on any atom is -0.0688 e. The van der Waals surface area contributed by atoms with Gasteiger partial charge in [0, 0.05) is 0 Å². The molecule has 0 aliphatic rings. The minimum absolute atomic E-state index is 0.0193. The van der Waals surface area contributed by atoms with Crippen LogP contribution in [-0.2, 0) is 0 Å². The summed E-state index contributed by atoms with van der Waals surface area (Å²) in [7, 11) is 6.18. The van der Waals surface area contributed by atoms with Crippen molar-refractivity contribution in [3.63, 3.8) is 0 Å². The Bertz CT molecular complexity index is 121. The molecule has 0 rings (SSSR count). The summed E-state index contributed by atoms with van der Waals surface area (Å²) in [6.45, 7) is 13.4. The number of hydrogen-bond acceptors (Lipinski definition) is 0. The molecule has 13 heavy (non-hydrogen) atoms. The van der Waals surface area contributed by atoms with Crippen molar-refractivity contribution in [1.82, 2.24) is 0 Å². The summed E-state index contributed by atoms with van der Waals surface area (Å²) in [6.07, 6.45) is 2.50. The molecule has 0 saturated heterocycles. The van der Waals surface area contributed by atoms with Crippen LogP contribution in [0.1, 0.15) is 54.4 Å². The fourth-order valence-electron chi connectivity index (χ4n) is 1.84. The molecule has 0 fully saturated rings. The van der Waals surface area contributed by atoms with Crippen LogP contribution in [0.15, 0.2) is 0 Å². The molecule has 0 saturated carbocycles. The van der Waals surface area contributed by atoms with E-state index in [1.54, 1.807) is 0 Å².